The summed E-state index contributed by atoms with van der Waals surface area (Å²) in [7, 11) is 0. The predicted molar refractivity (Wildman–Crippen MR) is 55.0 cm³/mol. The zero-order valence-corrected chi connectivity index (χ0v) is 9.78. The smallest absolute Gasteiger partial charge is 0.358 e. The molecular formula is C6H7Br2N3O2. The molecule has 0 aliphatic rings. The number of aromatic nitrogens is 2. The second-order valence-electron chi connectivity index (χ2n) is 2.36. The molecule has 1 aromatic rings. The van der Waals surface area contributed by atoms with Crippen molar-refractivity contribution in [2.75, 3.05) is 5.33 Å². The van der Waals surface area contributed by atoms with Crippen LogP contribution < -0.4 is 0 Å². The molecule has 0 saturated carbocycles. The highest BCUT2D eigenvalue weighted by molar-refractivity contribution is 9.10. The number of hydrogen-bond donors (Lipinski definition) is 0. The summed E-state index contributed by atoms with van der Waals surface area (Å²) in [6, 6.07) is 0. The Morgan fingerprint density at radius 1 is 1.69 bits per heavy atom. The first-order chi connectivity index (χ1) is 6.15. The van der Waals surface area contributed by atoms with Gasteiger partial charge >= 0.3 is 5.82 Å². The van der Waals surface area contributed by atoms with Gasteiger partial charge in [0, 0.05) is 5.33 Å². The molecule has 1 rings (SSSR count). The summed E-state index contributed by atoms with van der Waals surface area (Å²) in [5.74, 6) is -0.130. The van der Waals surface area contributed by atoms with Crippen LogP contribution in [-0.2, 0) is 6.54 Å². The molecule has 0 radical (unpaired) electrons. The van der Waals surface area contributed by atoms with E-state index >= 15 is 0 Å². The number of halogens is 2. The molecule has 72 valence electrons. The monoisotopic (exact) mass is 311 g/mol. The van der Waals surface area contributed by atoms with Gasteiger partial charge < -0.3 is 10.1 Å². The standard InChI is InChI=1S/C6H7Br2N3O2/c7-2-1-3-10-4-5(8)6(9-10)11(12)13/h4H,1-3H2. The van der Waals surface area contributed by atoms with Crippen LogP contribution in [0.25, 0.3) is 0 Å². The molecule has 0 aliphatic heterocycles. The number of alkyl halides is 1. The molecule has 1 aromatic heterocycles. The van der Waals surface area contributed by atoms with Crippen molar-refractivity contribution in [2.45, 2.75) is 13.0 Å². The van der Waals surface area contributed by atoms with Crippen LogP contribution in [0.15, 0.2) is 10.7 Å². The van der Waals surface area contributed by atoms with Crippen molar-refractivity contribution in [2.24, 2.45) is 0 Å². The number of rotatable bonds is 4. The van der Waals surface area contributed by atoms with E-state index < -0.39 is 4.92 Å². The minimum atomic E-state index is -0.505. The Labute approximate surface area is 91.5 Å². The summed E-state index contributed by atoms with van der Waals surface area (Å²) >= 11 is 6.35. The molecule has 0 unspecified atom stereocenters. The van der Waals surface area contributed by atoms with Gasteiger partial charge in [0.1, 0.15) is 4.47 Å². The van der Waals surface area contributed by atoms with E-state index in [1.165, 1.54) is 0 Å². The van der Waals surface area contributed by atoms with E-state index in [1.807, 2.05) is 0 Å². The van der Waals surface area contributed by atoms with Crippen LogP contribution in [0.1, 0.15) is 6.42 Å². The molecule has 1 heterocycles. The van der Waals surface area contributed by atoms with Crippen LogP contribution in [-0.4, -0.2) is 20.0 Å². The lowest BCUT2D eigenvalue weighted by molar-refractivity contribution is -0.390. The van der Waals surface area contributed by atoms with Crippen molar-refractivity contribution in [3.8, 4) is 0 Å². The summed E-state index contributed by atoms with van der Waals surface area (Å²) in [5.41, 5.74) is 0. The van der Waals surface area contributed by atoms with E-state index in [0.29, 0.717) is 11.0 Å². The van der Waals surface area contributed by atoms with Crippen molar-refractivity contribution in [1.29, 1.82) is 0 Å². The van der Waals surface area contributed by atoms with E-state index in [0.717, 1.165) is 11.8 Å². The van der Waals surface area contributed by atoms with Crippen LogP contribution in [0, 0.1) is 10.1 Å². The maximum atomic E-state index is 10.4. The van der Waals surface area contributed by atoms with Gasteiger partial charge in [-0.3, -0.25) is 0 Å². The zero-order valence-electron chi connectivity index (χ0n) is 6.61. The lowest BCUT2D eigenvalue weighted by atomic mass is 10.5. The summed E-state index contributed by atoms with van der Waals surface area (Å²) in [4.78, 5) is 9.89. The highest BCUT2D eigenvalue weighted by atomic mass is 79.9. The van der Waals surface area contributed by atoms with Gasteiger partial charge in [-0.05, 0) is 27.3 Å². The first kappa shape index (κ1) is 10.6. The SMILES string of the molecule is O=[N+]([O-])c1nn(CCCBr)cc1Br. The largest absolute Gasteiger partial charge is 0.404 e. The van der Waals surface area contributed by atoms with E-state index in [1.54, 1.807) is 10.9 Å². The molecule has 0 N–H and O–H groups in total. The van der Waals surface area contributed by atoms with Crippen molar-refractivity contribution in [3.05, 3.63) is 20.8 Å². The first-order valence-corrected chi connectivity index (χ1v) is 5.50. The molecule has 0 amide bonds. The molecule has 0 aliphatic carbocycles. The Hall–Kier alpha value is -0.430. The van der Waals surface area contributed by atoms with Crippen LogP contribution >= 0.6 is 31.9 Å². The zero-order chi connectivity index (χ0) is 9.84. The Kier molecular flexibility index (Phi) is 3.86. The summed E-state index contributed by atoms with van der Waals surface area (Å²) in [5, 5.41) is 15.1. The normalized spacial score (nSPS) is 10.3. The second-order valence-corrected chi connectivity index (χ2v) is 4.01. The topological polar surface area (TPSA) is 61.0 Å². The van der Waals surface area contributed by atoms with Gasteiger partial charge in [-0.2, -0.15) is 4.68 Å². The van der Waals surface area contributed by atoms with Gasteiger partial charge in [-0.15, -0.1) is 0 Å². The number of nitrogens with zero attached hydrogens (tertiary/aromatic N) is 3. The lowest BCUT2D eigenvalue weighted by Crippen LogP contribution is -1.99. The number of aryl methyl sites for hydroxylation is 1. The first-order valence-electron chi connectivity index (χ1n) is 3.58. The predicted octanol–water partition coefficient (Wildman–Crippen LogP) is 2.34. The molecule has 7 heteroatoms. The van der Waals surface area contributed by atoms with E-state index in [4.69, 9.17) is 0 Å². The van der Waals surface area contributed by atoms with Crippen LogP contribution in [0.2, 0.25) is 0 Å². The molecule has 13 heavy (non-hydrogen) atoms. The van der Waals surface area contributed by atoms with E-state index in [2.05, 4.69) is 37.0 Å². The second kappa shape index (κ2) is 4.71. The number of hydrogen-bond acceptors (Lipinski definition) is 3. The highest BCUT2D eigenvalue weighted by Gasteiger charge is 2.17. The van der Waals surface area contributed by atoms with Gasteiger partial charge in [0.15, 0.2) is 0 Å². The highest BCUT2D eigenvalue weighted by Crippen LogP contribution is 2.21. The Morgan fingerprint density at radius 3 is 2.85 bits per heavy atom. The van der Waals surface area contributed by atoms with Gasteiger partial charge in [0.2, 0.25) is 0 Å². The fourth-order valence-electron chi connectivity index (χ4n) is 0.847. The third-order valence-corrected chi connectivity index (χ3v) is 2.51. The van der Waals surface area contributed by atoms with Gasteiger partial charge in [0.25, 0.3) is 0 Å². The minimum Gasteiger partial charge on any atom is -0.358 e. The molecule has 0 atom stereocenters. The van der Waals surface area contributed by atoms with Crippen molar-refractivity contribution in [3.63, 3.8) is 0 Å². The fourth-order valence-corrected chi connectivity index (χ4v) is 1.56. The van der Waals surface area contributed by atoms with Gasteiger partial charge in [-0.1, -0.05) is 15.9 Å². The van der Waals surface area contributed by atoms with Crippen LogP contribution in [0.3, 0.4) is 0 Å². The molecule has 0 bridgehead atoms. The molecule has 0 saturated heterocycles. The van der Waals surface area contributed by atoms with Gasteiger partial charge in [0.05, 0.1) is 17.8 Å². The van der Waals surface area contributed by atoms with Crippen molar-refractivity contribution >= 4 is 37.7 Å². The minimum absolute atomic E-state index is 0.130. The Bertz CT molecular complexity index is 313. The average Bonchev–Trinajstić information content (AvgIpc) is 2.43. The molecule has 0 fully saturated rings. The van der Waals surface area contributed by atoms with Gasteiger partial charge in [-0.25, -0.2) is 0 Å². The molecule has 0 aromatic carbocycles. The third-order valence-electron chi connectivity index (χ3n) is 1.39. The van der Waals surface area contributed by atoms with E-state index in [9.17, 15) is 10.1 Å². The quantitative estimate of drug-likeness (QED) is 0.487. The maximum Gasteiger partial charge on any atom is 0.404 e. The molecule has 0 spiro atoms. The van der Waals surface area contributed by atoms with Crippen molar-refractivity contribution in [1.82, 2.24) is 9.78 Å². The maximum absolute atomic E-state index is 10.4. The van der Waals surface area contributed by atoms with E-state index in [-0.39, 0.29) is 5.82 Å². The number of nitro groups is 1. The van der Waals surface area contributed by atoms with Crippen LogP contribution in [0.4, 0.5) is 5.82 Å². The lowest BCUT2D eigenvalue weighted by Gasteiger charge is -1.90. The Morgan fingerprint density at radius 2 is 2.38 bits per heavy atom. The third kappa shape index (κ3) is 2.77. The Balaban J connectivity index is 2.76. The summed E-state index contributed by atoms with van der Waals surface area (Å²) < 4.78 is 1.98. The van der Waals surface area contributed by atoms with Crippen molar-refractivity contribution < 1.29 is 4.92 Å². The average molecular weight is 313 g/mol. The van der Waals surface area contributed by atoms with Crippen LogP contribution in [0.5, 0.6) is 0 Å². The molecular weight excluding hydrogens is 306 g/mol. The summed E-state index contributed by atoms with van der Waals surface area (Å²) in [6.45, 7) is 0.678. The molecule has 5 nitrogen and oxygen atoms in total. The fraction of sp³-hybridized carbons (Fsp3) is 0.500. The summed E-state index contributed by atoms with van der Waals surface area (Å²) in [6.07, 6.45) is 2.51.